The molecule has 0 atom stereocenters. The minimum Gasteiger partial charge on any atom is -0.378 e. The number of halogens is 1. The Labute approximate surface area is 124 Å². The Balaban J connectivity index is 1.80. The number of nitrogens with zero attached hydrogens (tertiary/aromatic N) is 5. The molecule has 0 fully saturated rings. The second kappa shape index (κ2) is 5.56. The lowest BCUT2D eigenvalue weighted by molar-refractivity contribution is 0.789. The maximum atomic E-state index is 5.87. The number of thiazole rings is 1. The van der Waals surface area contributed by atoms with E-state index in [1.54, 1.807) is 17.2 Å². The van der Waals surface area contributed by atoms with Gasteiger partial charge in [0, 0.05) is 5.69 Å². The topological polar surface area (TPSA) is 68.5 Å². The Kier molecular flexibility index (Phi) is 3.62. The number of tetrazole rings is 1. The Morgan fingerprint density at radius 1 is 1.40 bits per heavy atom. The van der Waals surface area contributed by atoms with Crippen molar-refractivity contribution in [3.8, 4) is 5.69 Å². The van der Waals surface area contributed by atoms with Crippen LogP contribution < -0.4 is 5.32 Å². The van der Waals surface area contributed by atoms with Crippen LogP contribution in [0.4, 0.5) is 5.69 Å². The molecule has 0 unspecified atom stereocenters. The van der Waals surface area contributed by atoms with Crippen LogP contribution in [0.25, 0.3) is 5.69 Å². The molecule has 0 aliphatic heterocycles. The van der Waals surface area contributed by atoms with Crippen LogP contribution in [0, 0.1) is 6.92 Å². The van der Waals surface area contributed by atoms with Gasteiger partial charge in [-0.25, -0.2) is 9.67 Å². The maximum absolute atomic E-state index is 5.87. The molecule has 0 bridgehead atoms. The van der Waals surface area contributed by atoms with Gasteiger partial charge in [-0.15, -0.1) is 16.4 Å². The van der Waals surface area contributed by atoms with Gasteiger partial charge in [-0.1, -0.05) is 17.7 Å². The summed E-state index contributed by atoms with van der Waals surface area (Å²) in [5, 5.41) is 15.4. The van der Waals surface area contributed by atoms with Gasteiger partial charge in [0.05, 0.1) is 18.4 Å². The second-order valence-electron chi connectivity index (χ2n) is 4.17. The van der Waals surface area contributed by atoms with E-state index in [1.165, 1.54) is 11.3 Å². The van der Waals surface area contributed by atoms with E-state index in [1.807, 2.05) is 25.1 Å². The summed E-state index contributed by atoms with van der Waals surface area (Å²) >= 11 is 7.34. The van der Waals surface area contributed by atoms with Crippen molar-refractivity contribution in [3.05, 3.63) is 45.6 Å². The van der Waals surface area contributed by atoms with Gasteiger partial charge in [0.15, 0.2) is 0 Å². The minimum atomic E-state index is 0.636. The quantitative estimate of drug-likeness (QED) is 0.802. The van der Waals surface area contributed by atoms with Crippen LogP contribution in [0.1, 0.15) is 10.6 Å². The molecule has 0 aliphatic rings. The summed E-state index contributed by atoms with van der Waals surface area (Å²) in [5.41, 5.74) is 3.06. The van der Waals surface area contributed by atoms with Gasteiger partial charge in [-0.2, -0.15) is 0 Å². The highest BCUT2D eigenvalue weighted by molar-refractivity contribution is 7.15. The van der Waals surface area contributed by atoms with Crippen molar-refractivity contribution in [1.29, 1.82) is 0 Å². The summed E-state index contributed by atoms with van der Waals surface area (Å²) in [5.74, 6) is 0. The second-order valence-corrected chi connectivity index (χ2v) is 5.91. The zero-order chi connectivity index (χ0) is 13.9. The van der Waals surface area contributed by atoms with Gasteiger partial charge in [-0.05, 0) is 35.0 Å². The molecule has 6 nitrogen and oxygen atoms in total. The summed E-state index contributed by atoms with van der Waals surface area (Å²) in [6.45, 7) is 2.68. The van der Waals surface area contributed by atoms with Crippen LogP contribution in [0.2, 0.25) is 4.34 Å². The smallest absolute Gasteiger partial charge is 0.143 e. The minimum absolute atomic E-state index is 0.636. The van der Waals surface area contributed by atoms with Gasteiger partial charge < -0.3 is 5.32 Å². The number of anilines is 1. The normalized spacial score (nSPS) is 10.7. The highest BCUT2D eigenvalue weighted by Crippen LogP contribution is 2.22. The molecule has 2 aromatic heterocycles. The van der Waals surface area contributed by atoms with E-state index in [0.29, 0.717) is 10.9 Å². The number of hydrogen-bond acceptors (Lipinski definition) is 6. The Morgan fingerprint density at radius 2 is 2.30 bits per heavy atom. The van der Waals surface area contributed by atoms with Crippen molar-refractivity contribution in [2.24, 2.45) is 0 Å². The molecular formula is C12H11ClN6S. The van der Waals surface area contributed by atoms with E-state index < -0.39 is 0 Å². The van der Waals surface area contributed by atoms with Crippen molar-refractivity contribution in [1.82, 2.24) is 25.2 Å². The van der Waals surface area contributed by atoms with E-state index in [0.717, 1.165) is 21.9 Å². The number of aromatic nitrogens is 5. The molecule has 0 saturated carbocycles. The Morgan fingerprint density at radius 3 is 3.00 bits per heavy atom. The first-order valence-corrected chi connectivity index (χ1v) is 7.10. The zero-order valence-corrected chi connectivity index (χ0v) is 12.2. The van der Waals surface area contributed by atoms with Gasteiger partial charge >= 0.3 is 0 Å². The first-order valence-electron chi connectivity index (χ1n) is 5.90. The number of rotatable bonds is 4. The number of hydrogen-bond donors (Lipinski definition) is 1. The molecule has 102 valence electrons. The van der Waals surface area contributed by atoms with Crippen molar-refractivity contribution in [2.45, 2.75) is 13.5 Å². The predicted molar refractivity (Wildman–Crippen MR) is 78.3 cm³/mol. The highest BCUT2D eigenvalue weighted by Gasteiger charge is 2.05. The number of benzene rings is 1. The lowest BCUT2D eigenvalue weighted by atomic mass is 10.2. The molecule has 3 rings (SSSR count). The largest absolute Gasteiger partial charge is 0.378 e. The van der Waals surface area contributed by atoms with Crippen LogP contribution in [-0.2, 0) is 6.54 Å². The van der Waals surface area contributed by atoms with E-state index >= 15 is 0 Å². The summed E-state index contributed by atoms with van der Waals surface area (Å²) < 4.78 is 2.31. The van der Waals surface area contributed by atoms with Crippen molar-refractivity contribution in [3.63, 3.8) is 0 Å². The third-order valence-corrected chi connectivity index (χ3v) is 3.90. The van der Waals surface area contributed by atoms with Gasteiger partial charge in [-0.3, -0.25) is 0 Å². The van der Waals surface area contributed by atoms with Gasteiger partial charge in [0.2, 0.25) is 0 Å². The monoisotopic (exact) mass is 306 g/mol. The first-order chi connectivity index (χ1) is 9.72. The average molecular weight is 307 g/mol. The van der Waals surface area contributed by atoms with Crippen LogP contribution in [0.15, 0.2) is 30.7 Å². The van der Waals surface area contributed by atoms with E-state index in [4.69, 9.17) is 11.6 Å². The molecule has 0 aliphatic carbocycles. The molecule has 0 radical (unpaired) electrons. The summed E-state index contributed by atoms with van der Waals surface area (Å²) in [7, 11) is 0. The highest BCUT2D eigenvalue weighted by atomic mass is 35.5. The number of aryl methyl sites for hydroxylation is 1. The molecule has 1 aromatic carbocycles. The maximum Gasteiger partial charge on any atom is 0.143 e. The number of nitrogens with one attached hydrogen (secondary N) is 1. The third-order valence-electron chi connectivity index (χ3n) is 2.79. The molecule has 8 heteroatoms. The first kappa shape index (κ1) is 13.0. The Hall–Kier alpha value is -1.99. The average Bonchev–Trinajstić information content (AvgIpc) is 3.09. The van der Waals surface area contributed by atoms with Crippen molar-refractivity contribution >= 4 is 28.6 Å². The summed E-state index contributed by atoms with van der Waals surface area (Å²) in [4.78, 5) is 4.22. The summed E-state index contributed by atoms with van der Waals surface area (Å²) in [6, 6.07) is 5.99. The van der Waals surface area contributed by atoms with Crippen molar-refractivity contribution < 1.29 is 0 Å². The molecule has 20 heavy (non-hydrogen) atoms. The third kappa shape index (κ3) is 2.78. The molecule has 0 amide bonds. The molecule has 3 aromatic rings. The molecule has 0 spiro atoms. The lowest BCUT2D eigenvalue weighted by Crippen LogP contribution is -2.03. The van der Waals surface area contributed by atoms with E-state index in [-0.39, 0.29) is 0 Å². The molecule has 1 N–H and O–H groups in total. The van der Waals surface area contributed by atoms with Crippen LogP contribution in [-0.4, -0.2) is 25.2 Å². The fourth-order valence-corrected chi connectivity index (χ4v) is 2.66. The van der Waals surface area contributed by atoms with Crippen LogP contribution >= 0.6 is 22.9 Å². The van der Waals surface area contributed by atoms with E-state index in [9.17, 15) is 0 Å². The zero-order valence-electron chi connectivity index (χ0n) is 10.6. The van der Waals surface area contributed by atoms with Gasteiger partial charge in [0.1, 0.15) is 15.7 Å². The fraction of sp³-hybridized carbons (Fsp3) is 0.167. The molecule has 0 saturated heterocycles. The standard InChI is InChI=1S/C12H11ClN6S/c1-8-2-3-9(19-7-16-17-18-19)4-10(8)14-6-12-15-5-11(13)20-12/h2-5,7,14H,6H2,1H3. The predicted octanol–water partition coefficient (Wildman–Crippen LogP) is 2.69. The van der Waals surface area contributed by atoms with E-state index in [2.05, 4.69) is 25.8 Å². The van der Waals surface area contributed by atoms with Crippen LogP contribution in [0.5, 0.6) is 0 Å². The summed E-state index contributed by atoms with van der Waals surface area (Å²) in [6.07, 6.45) is 3.22. The molecule has 2 heterocycles. The lowest BCUT2D eigenvalue weighted by Gasteiger charge is -2.10. The van der Waals surface area contributed by atoms with Crippen molar-refractivity contribution in [2.75, 3.05) is 5.32 Å². The SMILES string of the molecule is Cc1ccc(-n2cnnn2)cc1NCc1ncc(Cl)s1. The fourth-order valence-electron chi connectivity index (χ4n) is 1.76. The molecular weight excluding hydrogens is 296 g/mol. The van der Waals surface area contributed by atoms with Gasteiger partial charge in [0.25, 0.3) is 0 Å². The Bertz CT molecular complexity index is 709. The van der Waals surface area contributed by atoms with Crippen LogP contribution in [0.3, 0.4) is 0 Å².